The molecule has 28 heavy (non-hydrogen) atoms. The first-order valence-electron chi connectivity index (χ1n) is 7.85. The third-order valence-corrected chi connectivity index (χ3v) is 4.97. The standard InChI is InChI=1S/C16H13FN6O4S/c1-26-12-8-11-19-15(21-23(11)16(20-12)27-2)28(24,25)22-14-10(17)6-5-9-4-3-7-18-13(9)14/h3-8,22H,1-2H3. The van der Waals surface area contributed by atoms with Crippen molar-refractivity contribution in [2.75, 3.05) is 18.9 Å². The van der Waals surface area contributed by atoms with Gasteiger partial charge in [0.15, 0.2) is 5.65 Å². The van der Waals surface area contributed by atoms with E-state index in [1.165, 1.54) is 32.5 Å². The highest BCUT2D eigenvalue weighted by Crippen LogP contribution is 2.27. The van der Waals surface area contributed by atoms with Crippen LogP contribution in [-0.2, 0) is 10.0 Å². The quantitative estimate of drug-likeness (QED) is 0.533. The number of hydrogen-bond acceptors (Lipinski definition) is 8. The number of halogens is 1. The summed E-state index contributed by atoms with van der Waals surface area (Å²) in [5.74, 6) is -0.614. The molecular formula is C16H13FN6O4S. The molecule has 0 atom stereocenters. The molecule has 1 aromatic carbocycles. The van der Waals surface area contributed by atoms with Crippen LogP contribution in [0.25, 0.3) is 16.6 Å². The van der Waals surface area contributed by atoms with Crippen molar-refractivity contribution in [1.29, 1.82) is 0 Å². The summed E-state index contributed by atoms with van der Waals surface area (Å²) >= 11 is 0. The lowest BCUT2D eigenvalue weighted by molar-refractivity contribution is 0.343. The zero-order valence-electron chi connectivity index (χ0n) is 14.6. The molecule has 0 radical (unpaired) electrons. The van der Waals surface area contributed by atoms with Crippen LogP contribution in [0.5, 0.6) is 11.9 Å². The van der Waals surface area contributed by atoms with Crippen molar-refractivity contribution >= 4 is 32.3 Å². The van der Waals surface area contributed by atoms with E-state index in [0.717, 1.165) is 10.6 Å². The fraction of sp³-hybridized carbons (Fsp3) is 0.125. The summed E-state index contributed by atoms with van der Waals surface area (Å²) in [5, 5.41) is 3.89. The van der Waals surface area contributed by atoms with Crippen LogP contribution in [0.4, 0.5) is 10.1 Å². The number of aromatic nitrogens is 5. The van der Waals surface area contributed by atoms with Crippen molar-refractivity contribution < 1.29 is 22.3 Å². The van der Waals surface area contributed by atoms with Gasteiger partial charge in [0.2, 0.25) is 5.88 Å². The lowest BCUT2D eigenvalue weighted by Gasteiger charge is -2.09. The van der Waals surface area contributed by atoms with Gasteiger partial charge < -0.3 is 9.47 Å². The Balaban J connectivity index is 1.83. The van der Waals surface area contributed by atoms with Gasteiger partial charge in [0.1, 0.15) is 11.5 Å². The highest BCUT2D eigenvalue weighted by Gasteiger charge is 2.25. The highest BCUT2D eigenvalue weighted by molar-refractivity contribution is 7.92. The van der Waals surface area contributed by atoms with Crippen LogP contribution < -0.4 is 14.2 Å². The first-order valence-corrected chi connectivity index (χ1v) is 9.33. The van der Waals surface area contributed by atoms with Crippen LogP contribution in [0.3, 0.4) is 0 Å². The minimum Gasteiger partial charge on any atom is -0.481 e. The number of rotatable bonds is 5. The molecule has 3 aromatic heterocycles. The largest absolute Gasteiger partial charge is 0.481 e. The van der Waals surface area contributed by atoms with Gasteiger partial charge in [0, 0.05) is 17.6 Å². The second-order valence-electron chi connectivity index (χ2n) is 5.55. The van der Waals surface area contributed by atoms with Crippen molar-refractivity contribution in [2.45, 2.75) is 5.16 Å². The minimum absolute atomic E-state index is 0.0266. The molecule has 0 spiro atoms. The molecule has 0 aliphatic carbocycles. The van der Waals surface area contributed by atoms with Crippen LogP contribution in [0.2, 0.25) is 0 Å². The van der Waals surface area contributed by atoms with E-state index in [4.69, 9.17) is 9.47 Å². The summed E-state index contributed by atoms with van der Waals surface area (Å²) in [6.45, 7) is 0. The Morgan fingerprint density at radius 3 is 2.71 bits per heavy atom. The molecule has 144 valence electrons. The minimum atomic E-state index is -4.33. The SMILES string of the molecule is COc1cc2nc(S(=O)(=O)Nc3c(F)ccc4cccnc34)nn2c(OC)n1. The van der Waals surface area contributed by atoms with Gasteiger partial charge in [-0.1, -0.05) is 6.07 Å². The van der Waals surface area contributed by atoms with Crippen LogP contribution >= 0.6 is 0 Å². The molecule has 4 rings (SSSR count). The van der Waals surface area contributed by atoms with E-state index < -0.39 is 21.0 Å². The monoisotopic (exact) mass is 404 g/mol. The van der Waals surface area contributed by atoms with Gasteiger partial charge in [0.25, 0.3) is 15.2 Å². The number of benzene rings is 1. The molecular weight excluding hydrogens is 391 g/mol. The summed E-state index contributed by atoms with van der Waals surface area (Å²) in [6, 6.07) is 7.36. The molecule has 12 heteroatoms. The third-order valence-electron chi connectivity index (χ3n) is 3.84. The Bertz CT molecular complexity index is 1310. The first-order chi connectivity index (χ1) is 13.4. The van der Waals surface area contributed by atoms with E-state index in [9.17, 15) is 12.8 Å². The second-order valence-corrected chi connectivity index (χ2v) is 7.13. The number of anilines is 1. The fourth-order valence-corrected chi connectivity index (χ4v) is 3.53. The van der Waals surface area contributed by atoms with Gasteiger partial charge in [-0.05, 0) is 18.2 Å². The molecule has 0 saturated carbocycles. The van der Waals surface area contributed by atoms with Crippen LogP contribution in [0.1, 0.15) is 0 Å². The number of methoxy groups -OCH3 is 2. The summed E-state index contributed by atoms with van der Waals surface area (Å²) in [5.41, 5.74) is -0.00373. The van der Waals surface area contributed by atoms with Crippen molar-refractivity contribution in [3.63, 3.8) is 0 Å². The molecule has 10 nitrogen and oxygen atoms in total. The molecule has 0 fully saturated rings. The number of fused-ring (bicyclic) bond motifs is 2. The van der Waals surface area contributed by atoms with Crippen molar-refractivity contribution in [3.8, 4) is 11.9 Å². The smallest absolute Gasteiger partial charge is 0.322 e. The van der Waals surface area contributed by atoms with E-state index in [2.05, 4.69) is 24.8 Å². The predicted octanol–water partition coefficient (Wildman–Crippen LogP) is 1.63. The van der Waals surface area contributed by atoms with Gasteiger partial charge in [-0.2, -0.15) is 22.9 Å². The molecule has 1 N–H and O–H groups in total. The maximum Gasteiger partial charge on any atom is 0.322 e. The number of nitrogens with one attached hydrogen (secondary N) is 1. The average Bonchev–Trinajstić information content (AvgIpc) is 3.14. The lowest BCUT2D eigenvalue weighted by Crippen LogP contribution is -2.16. The topological polar surface area (TPSA) is 121 Å². The van der Waals surface area contributed by atoms with Gasteiger partial charge in [-0.3, -0.25) is 9.71 Å². The second kappa shape index (κ2) is 6.56. The maximum absolute atomic E-state index is 14.3. The maximum atomic E-state index is 14.3. The van der Waals surface area contributed by atoms with Crippen LogP contribution in [0.15, 0.2) is 41.7 Å². The Morgan fingerprint density at radius 2 is 1.96 bits per heavy atom. The number of sulfonamides is 1. The van der Waals surface area contributed by atoms with Crippen LogP contribution in [0, 0.1) is 5.82 Å². The normalized spacial score (nSPS) is 11.7. The fourth-order valence-electron chi connectivity index (χ4n) is 2.57. The van der Waals surface area contributed by atoms with E-state index in [1.54, 1.807) is 12.1 Å². The van der Waals surface area contributed by atoms with Gasteiger partial charge in [-0.25, -0.2) is 4.39 Å². The Hall–Kier alpha value is -3.54. The predicted molar refractivity (Wildman–Crippen MR) is 96.4 cm³/mol. The van der Waals surface area contributed by atoms with E-state index in [-0.39, 0.29) is 28.7 Å². The molecule has 4 aromatic rings. The molecule has 3 heterocycles. The number of hydrogen-bond donors (Lipinski definition) is 1. The molecule has 0 amide bonds. The van der Waals surface area contributed by atoms with Gasteiger partial charge in [0.05, 0.1) is 19.7 Å². The molecule has 0 aliphatic heterocycles. The summed E-state index contributed by atoms with van der Waals surface area (Å²) in [4.78, 5) is 12.0. The van der Waals surface area contributed by atoms with Gasteiger partial charge in [-0.15, -0.1) is 5.10 Å². The van der Waals surface area contributed by atoms with Crippen LogP contribution in [-0.4, -0.2) is 47.2 Å². The number of pyridine rings is 1. The van der Waals surface area contributed by atoms with Gasteiger partial charge >= 0.3 is 6.01 Å². The lowest BCUT2D eigenvalue weighted by atomic mass is 10.2. The molecule has 0 aliphatic rings. The van der Waals surface area contributed by atoms with E-state index >= 15 is 0 Å². The average molecular weight is 404 g/mol. The Kier molecular flexibility index (Phi) is 4.19. The zero-order chi connectivity index (χ0) is 19.9. The van der Waals surface area contributed by atoms with Crippen molar-refractivity contribution in [2.24, 2.45) is 0 Å². The summed E-state index contributed by atoms with van der Waals surface area (Å²) < 4.78 is 53.3. The molecule has 0 bridgehead atoms. The third kappa shape index (κ3) is 2.93. The molecule has 0 unspecified atom stereocenters. The van der Waals surface area contributed by atoms with Crippen molar-refractivity contribution in [3.05, 3.63) is 42.3 Å². The number of nitrogens with zero attached hydrogens (tertiary/aromatic N) is 5. The summed E-state index contributed by atoms with van der Waals surface area (Å²) in [6.07, 6.45) is 1.44. The van der Waals surface area contributed by atoms with Crippen molar-refractivity contribution in [1.82, 2.24) is 24.6 Å². The highest BCUT2D eigenvalue weighted by atomic mass is 32.2. The van der Waals surface area contributed by atoms with E-state index in [1.807, 2.05) is 0 Å². The Morgan fingerprint density at radius 1 is 1.14 bits per heavy atom. The first kappa shape index (κ1) is 17.9. The Labute approximate surface area is 158 Å². The molecule has 0 saturated heterocycles. The number of ether oxygens (including phenoxy) is 2. The van der Waals surface area contributed by atoms with E-state index in [0.29, 0.717) is 5.39 Å². The zero-order valence-corrected chi connectivity index (χ0v) is 15.4. The summed E-state index contributed by atoms with van der Waals surface area (Å²) in [7, 11) is -1.60.